The quantitative estimate of drug-likeness (QED) is 0.421. The fourth-order valence-corrected chi connectivity index (χ4v) is 4.82. The zero-order valence-electron chi connectivity index (χ0n) is 20.7. The summed E-state index contributed by atoms with van der Waals surface area (Å²) < 4.78 is 5.25. The molecule has 0 radical (unpaired) electrons. The van der Waals surface area contributed by atoms with E-state index in [1.807, 2.05) is 57.2 Å². The lowest BCUT2D eigenvalue weighted by Gasteiger charge is -2.34. The molecule has 1 aliphatic carbocycles. The number of aryl methyl sites for hydroxylation is 1. The molecule has 1 amide bonds. The first-order valence-corrected chi connectivity index (χ1v) is 12.4. The molecule has 184 valence electrons. The number of carbonyl (C=O) groups is 1. The summed E-state index contributed by atoms with van der Waals surface area (Å²) in [5.41, 5.74) is 4.39. The molecule has 2 aliphatic rings. The molecule has 1 spiro atoms. The molecule has 2 aromatic heterocycles. The van der Waals surface area contributed by atoms with Crippen LogP contribution < -0.4 is 15.5 Å². The number of piperidine rings is 1. The predicted octanol–water partition coefficient (Wildman–Crippen LogP) is 5.47. The lowest BCUT2D eigenvalue weighted by Crippen LogP contribution is -2.38. The van der Waals surface area contributed by atoms with E-state index in [-0.39, 0.29) is 12.5 Å². The summed E-state index contributed by atoms with van der Waals surface area (Å²) in [6.07, 6.45) is 8.28. The molecule has 0 atom stereocenters. The third kappa shape index (κ3) is 5.05. The molecule has 3 aromatic rings. The highest BCUT2D eigenvalue weighted by atomic mass is 16.3. The molecule has 0 bridgehead atoms. The van der Waals surface area contributed by atoms with Gasteiger partial charge in [-0.2, -0.15) is 0 Å². The van der Waals surface area contributed by atoms with Crippen LogP contribution in [0.1, 0.15) is 55.5 Å². The number of aromatic nitrogens is 1. The lowest BCUT2D eigenvalue weighted by atomic mass is 9.93. The van der Waals surface area contributed by atoms with E-state index in [1.165, 1.54) is 12.8 Å². The largest absolute Gasteiger partial charge is 0.472 e. The Balaban J connectivity index is 1.42. The van der Waals surface area contributed by atoms with Gasteiger partial charge in [0.25, 0.3) is 5.91 Å². The Morgan fingerprint density at radius 2 is 1.91 bits per heavy atom. The van der Waals surface area contributed by atoms with Gasteiger partial charge in [0.1, 0.15) is 11.6 Å². The molecule has 2 fully saturated rings. The van der Waals surface area contributed by atoms with Crippen LogP contribution in [0.4, 0.5) is 17.3 Å². The topological polar surface area (TPSA) is 90.6 Å². The number of carbonyl (C=O) groups excluding carboxylic acids is 1. The molecule has 7 heteroatoms. The highest BCUT2D eigenvalue weighted by Gasteiger charge is 2.45. The summed E-state index contributed by atoms with van der Waals surface area (Å²) in [5.74, 6) is 1.16. The first kappa shape index (κ1) is 23.4. The number of amides is 1. The maximum absolute atomic E-state index is 13.5. The molecular formula is C28H34N4O3. The van der Waals surface area contributed by atoms with E-state index < -0.39 is 5.54 Å². The van der Waals surface area contributed by atoms with E-state index in [9.17, 15) is 9.90 Å². The van der Waals surface area contributed by atoms with Gasteiger partial charge in [-0.25, -0.2) is 4.98 Å². The number of nitrogens with zero attached hydrogens (tertiary/aromatic N) is 2. The molecule has 1 saturated heterocycles. The van der Waals surface area contributed by atoms with Crippen molar-refractivity contribution >= 4 is 23.2 Å². The average molecular weight is 475 g/mol. The number of anilines is 3. The number of benzene rings is 1. The van der Waals surface area contributed by atoms with Gasteiger partial charge in [-0.05, 0) is 93.3 Å². The van der Waals surface area contributed by atoms with Crippen LogP contribution in [0, 0.1) is 12.3 Å². The van der Waals surface area contributed by atoms with Crippen LogP contribution >= 0.6 is 0 Å². The van der Waals surface area contributed by atoms with Gasteiger partial charge < -0.3 is 25.1 Å². The van der Waals surface area contributed by atoms with Crippen molar-refractivity contribution in [3.63, 3.8) is 0 Å². The van der Waals surface area contributed by atoms with Crippen molar-refractivity contribution in [2.45, 2.75) is 52.0 Å². The standard InChI is InChI=1S/C28H34N4O3/c1-19-4-5-21(16-23(19)20-8-15-35-17-20)29-26(34)22-6-7-24(31-27(2,3)18-33)30-25(22)32-13-11-28(9-10-28)12-14-32/h4-8,15-17,33H,9-14,18H2,1-3H3,(H,29,34)(H,30,31). The number of nitrogens with one attached hydrogen (secondary N) is 2. The van der Waals surface area contributed by atoms with Crippen molar-refractivity contribution in [2.75, 3.05) is 35.2 Å². The molecule has 1 aliphatic heterocycles. The number of furan rings is 1. The molecule has 5 rings (SSSR count). The molecule has 0 unspecified atom stereocenters. The molecule has 7 nitrogen and oxygen atoms in total. The van der Waals surface area contributed by atoms with Crippen molar-refractivity contribution in [2.24, 2.45) is 5.41 Å². The fourth-order valence-electron chi connectivity index (χ4n) is 4.82. The lowest BCUT2D eigenvalue weighted by molar-refractivity contribution is 0.102. The Hall–Kier alpha value is -3.32. The monoisotopic (exact) mass is 474 g/mol. The van der Waals surface area contributed by atoms with E-state index in [2.05, 4.69) is 15.5 Å². The van der Waals surface area contributed by atoms with Gasteiger partial charge in [0, 0.05) is 24.3 Å². The third-order valence-electron chi connectivity index (χ3n) is 7.39. The molecule has 35 heavy (non-hydrogen) atoms. The van der Waals surface area contributed by atoms with E-state index >= 15 is 0 Å². The number of aliphatic hydroxyl groups is 1. The minimum Gasteiger partial charge on any atom is -0.472 e. The zero-order chi connectivity index (χ0) is 24.6. The molecule has 3 heterocycles. The average Bonchev–Trinajstić information content (AvgIpc) is 3.37. The van der Waals surface area contributed by atoms with Crippen molar-refractivity contribution in [3.8, 4) is 11.1 Å². The number of hydrogen-bond donors (Lipinski definition) is 3. The van der Waals surface area contributed by atoms with Crippen molar-refractivity contribution in [1.29, 1.82) is 0 Å². The Labute approximate surface area is 206 Å². The second kappa shape index (κ2) is 9.04. The van der Waals surface area contributed by atoms with E-state index in [4.69, 9.17) is 9.40 Å². The zero-order valence-corrected chi connectivity index (χ0v) is 20.7. The summed E-state index contributed by atoms with van der Waals surface area (Å²) in [6.45, 7) is 7.65. The minimum absolute atomic E-state index is 0.0229. The number of aliphatic hydroxyl groups excluding tert-OH is 1. The smallest absolute Gasteiger partial charge is 0.259 e. The number of pyridine rings is 1. The summed E-state index contributed by atoms with van der Waals surface area (Å²) in [7, 11) is 0. The summed E-state index contributed by atoms with van der Waals surface area (Å²) >= 11 is 0. The summed E-state index contributed by atoms with van der Waals surface area (Å²) in [5, 5.41) is 16.1. The van der Waals surface area contributed by atoms with Crippen molar-refractivity contribution in [1.82, 2.24) is 4.98 Å². The van der Waals surface area contributed by atoms with Crippen LogP contribution in [-0.2, 0) is 0 Å². The normalized spacial score (nSPS) is 16.9. The first-order valence-electron chi connectivity index (χ1n) is 12.4. The second-order valence-electron chi connectivity index (χ2n) is 10.7. The molecule has 3 N–H and O–H groups in total. The van der Waals surface area contributed by atoms with Crippen LogP contribution in [0.15, 0.2) is 53.3 Å². The van der Waals surface area contributed by atoms with Crippen LogP contribution in [0.3, 0.4) is 0 Å². The molecular weight excluding hydrogens is 440 g/mol. The predicted molar refractivity (Wildman–Crippen MR) is 139 cm³/mol. The van der Waals surface area contributed by atoms with E-state index in [0.717, 1.165) is 48.3 Å². The van der Waals surface area contributed by atoms with Gasteiger partial charge in [-0.1, -0.05) is 6.07 Å². The Kier molecular flexibility index (Phi) is 6.05. The first-order chi connectivity index (χ1) is 16.8. The van der Waals surface area contributed by atoms with Crippen LogP contribution in [0.25, 0.3) is 11.1 Å². The maximum atomic E-state index is 13.5. The van der Waals surface area contributed by atoms with E-state index in [1.54, 1.807) is 12.5 Å². The van der Waals surface area contributed by atoms with Crippen LogP contribution in [0.5, 0.6) is 0 Å². The number of hydrogen-bond acceptors (Lipinski definition) is 6. The van der Waals surface area contributed by atoms with Gasteiger partial charge in [0.05, 0.1) is 30.2 Å². The summed E-state index contributed by atoms with van der Waals surface area (Å²) in [6, 6.07) is 11.5. The summed E-state index contributed by atoms with van der Waals surface area (Å²) in [4.78, 5) is 20.6. The highest BCUT2D eigenvalue weighted by Crippen LogP contribution is 2.54. The molecule has 1 aromatic carbocycles. The van der Waals surface area contributed by atoms with Gasteiger partial charge in [-0.15, -0.1) is 0 Å². The molecule has 1 saturated carbocycles. The van der Waals surface area contributed by atoms with Crippen LogP contribution in [-0.4, -0.2) is 41.2 Å². The van der Waals surface area contributed by atoms with E-state index in [0.29, 0.717) is 22.6 Å². The third-order valence-corrected chi connectivity index (χ3v) is 7.39. The maximum Gasteiger partial charge on any atom is 0.259 e. The number of rotatable bonds is 7. The van der Waals surface area contributed by atoms with Gasteiger partial charge in [0.15, 0.2) is 0 Å². The SMILES string of the molecule is Cc1ccc(NC(=O)c2ccc(NC(C)(C)CO)nc2N2CCC3(CC2)CC3)cc1-c1ccoc1. The second-order valence-corrected chi connectivity index (χ2v) is 10.7. The highest BCUT2D eigenvalue weighted by molar-refractivity contribution is 6.08. The van der Waals surface area contributed by atoms with Gasteiger partial charge in [0.2, 0.25) is 0 Å². The Bertz CT molecular complexity index is 1200. The van der Waals surface area contributed by atoms with Crippen molar-refractivity contribution in [3.05, 3.63) is 60.1 Å². The van der Waals surface area contributed by atoms with Gasteiger partial charge in [-0.3, -0.25) is 4.79 Å². The Morgan fingerprint density at radius 1 is 1.14 bits per heavy atom. The fraction of sp³-hybridized carbons (Fsp3) is 0.429. The van der Waals surface area contributed by atoms with Crippen LogP contribution in [0.2, 0.25) is 0 Å². The van der Waals surface area contributed by atoms with Gasteiger partial charge >= 0.3 is 0 Å². The minimum atomic E-state index is -0.514. The Morgan fingerprint density at radius 3 is 2.57 bits per heavy atom. The van der Waals surface area contributed by atoms with Crippen molar-refractivity contribution < 1.29 is 14.3 Å².